The van der Waals surface area contributed by atoms with E-state index in [1.165, 1.54) is 31.2 Å². The summed E-state index contributed by atoms with van der Waals surface area (Å²) in [6.45, 7) is 1.36. The van der Waals surface area contributed by atoms with Crippen molar-refractivity contribution in [3.63, 3.8) is 0 Å². The SMILES string of the molecule is C[C@@H](C(=O)NCCc1ccc(C(F)(F)F)cc1)N1C(=O)c2cccc([N+](=O)[O-])c2C1=O. The third-order valence-electron chi connectivity index (χ3n) is 4.88. The van der Waals surface area contributed by atoms with E-state index in [1.807, 2.05) is 0 Å². The minimum atomic E-state index is -4.44. The minimum Gasteiger partial charge on any atom is -0.354 e. The van der Waals surface area contributed by atoms with Crippen LogP contribution in [0.5, 0.6) is 0 Å². The normalized spacial score (nSPS) is 14.4. The predicted octanol–water partition coefficient (Wildman–Crippen LogP) is 2.96. The number of nitro groups is 1. The molecule has 0 saturated heterocycles. The van der Waals surface area contributed by atoms with E-state index < -0.39 is 46.1 Å². The molecule has 1 heterocycles. The van der Waals surface area contributed by atoms with Gasteiger partial charge in [-0.2, -0.15) is 13.2 Å². The van der Waals surface area contributed by atoms with Gasteiger partial charge in [-0.25, -0.2) is 0 Å². The van der Waals surface area contributed by atoms with E-state index in [0.717, 1.165) is 18.2 Å². The lowest BCUT2D eigenvalue weighted by Crippen LogP contribution is -2.48. The van der Waals surface area contributed by atoms with Gasteiger partial charge in [-0.1, -0.05) is 18.2 Å². The van der Waals surface area contributed by atoms with Gasteiger partial charge in [-0.15, -0.1) is 0 Å². The summed E-state index contributed by atoms with van der Waals surface area (Å²) in [5.41, 5.74) is -1.26. The molecule has 162 valence electrons. The number of halogens is 3. The van der Waals surface area contributed by atoms with E-state index >= 15 is 0 Å². The number of hydrogen-bond acceptors (Lipinski definition) is 5. The molecular formula is C20H16F3N3O5. The first kappa shape index (κ1) is 21.9. The molecule has 2 aromatic rings. The van der Waals surface area contributed by atoms with Crippen LogP contribution in [0.2, 0.25) is 0 Å². The fourth-order valence-corrected chi connectivity index (χ4v) is 3.24. The Balaban J connectivity index is 1.64. The number of benzene rings is 2. The molecule has 1 aliphatic rings. The van der Waals surface area contributed by atoms with Crippen molar-refractivity contribution in [2.45, 2.75) is 25.6 Å². The summed E-state index contributed by atoms with van der Waals surface area (Å²) in [5.74, 6) is -2.42. The Morgan fingerprint density at radius 2 is 1.77 bits per heavy atom. The number of hydrogen-bond donors (Lipinski definition) is 1. The summed E-state index contributed by atoms with van der Waals surface area (Å²) in [6.07, 6.45) is -4.21. The van der Waals surface area contributed by atoms with Crippen LogP contribution in [-0.2, 0) is 17.4 Å². The van der Waals surface area contributed by atoms with E-state index in [-0.39, 0.29) is 24.1 Å². The first-order valence-electron chi connectivity index (χ1n) is 9.11. The van der Waals surface area contributed by atoms with E-state index in [4.69, 9.17) is 0 Å². The van der Waals surface area contributed by atoms with E-state index in [2.05, 4.69) is 5.32 Å². The van der Waals surface area contributed by atoms with Crippen molar-refractivity contribution in [2.75, 3.05) is 6.54 Å². The zero-order valence-electron chi connectivity index (χ0n) is 16.1. The molecule has 3 amide bonds. The number of fused-ring (bicyclic) bond motifs is 1. The van der Waals surface area contributed by atoms with Gasteiger partial charge >= 0.3 is 6.18 Å². The van der Waals surface area contributed by atoms with Gasteiger partial charge < -0.3 is 5.32 Å². The van der Waals surface area contributed by atoms with Crippen LogP contribution in [0.15, 0.2) is 42.5 Å². The standard InChI is InChI=1S/C20H16F3N3O5/c1-11(17(27)24-10-9-12-5-7-13(8-6-12)20(21,22)23)25-18(28)14-3-2-4-15(26(30)31)16(14)19(25)29/h2-8,11H,9-10H2,1H3,(H,24,27)/t11-/m0/s1. The number of alkyl halides is 3. The van der Waals surface area contributed by atoms with Crippen molar-refractivity contribution in [1.82, 2.24) is 10.2 Å². The minimum absolute atomic E-state index is 0.0534. The van der Waals surface area contributed by atoms with Gasteiger partial charge in [-0.3, -0.25) is 29.4 Å². The van der Waals surface area contributed by atoms with Gasteiger partial charge in [0.2, 0.25) is 5.91 Å². The molecule has 0 unspecified atom stereocenters. The zero-order valence-corrected chi connectivity index (χ0v) is 16.1. The number of nitrogens with zero attached hydrogens (tertiary/aromatic N) is 2. The van der Waals surface area contributed by atoms with Gasteiger partial charge in [0.15, 0.2) is 0 Å². The van der Waals surface area contributed by atoms with Crippen LogP contribution in [0.4, 0.5) is 18.9 Å². The van der Waals surface area contributed by atoms with Crippen molar-refractivity contribution >= 4 is 23.4 Å². The number of imide groups is 1. The predicted molar refractivity (Wildman–Crippen MR) is 101 cm³/mol. The molecule has 8 nitrogen and oxygen atoms in total. The second-order valence-electron chi connectivity index (χ2n) is 6.85. The fourth-order valence-electron chi connectivity index (χ4n) is 3.24. The summed E-state index contributed by atoms with van der Waals surface area (Å²) < 4.78 is 37.8. The average molecular weight is 435 g/mol. The molecule has 0 bridgehead atoms. The highest BCUT2D eigenvalue weighted by Gasteiger charge is 2.44. The second-order valence-corrected chi connectivity index (χ2v) is 6.85. The van der Waals surface area contributed by atoms with Crippen molar-refractivity contribution < 1.29 is 32.5 Å². The van der Waals surface area contributed by atoms with Crippen LogP contribution in [0.1, 0.15) is 38.8 Å². The Bertz CT molecular complexity index is 1070. The Kier molecular flexibility index (Phi) is 5.78. The second kappa shape index (κ2) is 8.17. The number of nitrogens with one attached hydrogen (secondary N) is 1. The van der Waals surface area contributed by atoms with Crippen LogP contribution in [0, 0.1) is 10.1 Å². The van der Waals surface area contributed by atoms with Crippen LogP contribution in [-0.4, -0.2) is 40.1 Å². The number of rotatable bonds is 6. The largest absolute Gasteiger partial charge is 0.416 e. The molecule has 1 N–H and O–H groups in total. The van der Waals surface area contributed by atoms with Crippen molar-refractivity contribution in [3.8, 4) is 0 Å². The van der Waals surface area contributed by atoms with Gasteiger partial charge in [0.05, 0.1) is 16.1 Å². The molecule has 0 radical (unpaired) electrons. The summed E-state index contributed by atoms with van der Waals surface area (Å²) in [5, 5.41) is 13.7. The molecule has 0 fully saturated rings. The molecule has 0 saturated carbocycles. The number of amides is 3. The Morgan fingerprint density at radius 1 is 1.13 bits per heavy atom. The smallest absolute Gasteiger partial charge is 0.354 e. The maximum atomic E-state index is 12.6. The van der Waals surface area contributed by atoms with Crippen LogP contribution in [0.25, 0.3) is 0 Å². The molecule has 0 aromatic heterocycles. The number of carbonyl (C=O) groups is 3. The first-order valence-corrected chi connectivity index (χ1v) is 9.11. The lowest BCUT2D eigenvalue weighted by molar-refractivity contribution is -0.385. The van der Waals surface area contributed by atoms with Crippen molar-refractivity contribution in [1.29, 1.82) is 0 Å². The van der Waals surface area contributed by atoms with E-state index in [0.29, 0.717) is 10.5 Å². The van der Waals surface area contributed by atoms with E-state index in [1.54, 1.807) is 0 Å². The van der Waals surface area contributed by atoms with Gasteiger partial charge in [-0.05, 0) is 37.1 Å². The maximum Gasteiger partial charge on any atom is 0.416 e. The third-order valence-corrected chi connectivity index (χ3v) is 4.88. The lowest BCUT2D eigenvalue weighted by Gasteiger charge is -2.21. The number of nitro benzene ring substituents is 1. The third kappa shape index (κ3) is 4.25. The fraction of sp³-hybridized carbons (Fsp3) is 0.250. The monoisotopic (exact) mass is 435 g/mol. The Hall–Kier alpha value is -3.76. The first-order chi connectivity index (χ1) is 14.5. The topological polar surface area (TPSA) is 110 Å². The molecule has 2 aromatic carbocycles. The van der Waals surface area contributed by atoms with Gasteiger partial charge in [0.1, 0.15) is 11.6 Å². The molecule has 31 heavy (non-hydrogen) atoms. The molecule has 0 aliphatic carbocycles. The molecule has 11 heteroatoms. The van der Waals surface area contributed by atoms with Crippen LogP contribution < -0.4 is 5.32 Å². The number of carbonyl (C=O) groups excluding carboxylic acids is 3. The van der Waals surface area contributed by atoms with Crippen LogP contribution >= 0.6 is 0 Å². The highest BCUT2D eigenvalue weighted by molar-refractivity contribution is 6.24. The molecule has 3 rings (SSSR count). The van der Waals surface area contributed by atoms with E-state index in [9.17, 15) is 37.7 Å². The summed E-state index contributed by atoms with van der Waals surface area (Å²) in [7, 11) is 0. The zero-order chi connectivity index (χ0) is 22.9. The van der Waals surface area contributed by atoms with Gasteiger partial charge in [0.25, 0.3) is 17.5 Å². The van der Waals surface area contributed by atoms with Crippen LogP contribution in [0.3, 0.4) is 0 Å². The molecule has 1 aliphatic heterocycles. The quantitative estimate of drug-likeness (QED) is 0.426. The van der Waals surface area contributed by atoms with Crippen molar-refractivity contribution in [3.05, 3.63) is 74.8 Å². The highest BCUT2D eigenvalue weighted by Crippen LogP contribution is 2.32. The maximum absolute atomic E-state index is 12.6. The van der Waals surface area contributed by atoms with Crippen molar-refractivity contribution in [2.24, 2.45) is 0 Å². The highest BCUT2D eigenvalue weighted by atomic mass is 19.4. The molecule has 0 spiro atoms. The summed E-state index contributed by atoms with van der Waals surface area (Å²) >= 11 is 0. The van der Waals surface area contributed by atoms with Gasteiger partial charge in [0, 0.05) is 12.6 Å². The Morgan fingerprint density at radius 3 is 2.35 bits per heavy atom. The Labute approximate surface area is 173 Å². The lowest BCUT2D eigenvalue weighted by atomic mass is 10.1. The average Bonchev–Trinajstić information content (AvgIpc) is 2.97. The summed E-state index contributed by atoms with van der Waals surface area (Å²) in [6, 6.07) is 6.88. The molecule has 1 atom stereocenters. The summed E-state index contributed by atoms with van der Waals surface area (Å²) in [4.78, 5) is 48.6. The molecular weight excluding hydrogens is 419 g/mol.